The molecule has 2 heterocycles. The van der Waals surface area contributed by atoms with Gasteiger partial charge in [-0.3, -0.25) is 9.59 Å². The van der Waals surface area contributed by atoms with E-state index in [0.29, 0.717) is 44.8 Å². The van der Waals surface area contributed by atoms with E-state index in [1.807, 2.05) is 0 Å². The van der Waals surface area contributed by atoms with E-state index in [2.05, 4.69) is 5.32 Å². The first-order valence-electron chi connectivity index (χ1n) is 9.26. The lowest BCUT2D eigenvalue weighted by Crippen LogP contribution is -2.49. The van der Waals surface area contributed by atoms with E-state index in [4.69, 9.17) is 4.74 Å². The summed E-state index contributed by atoms with van der Waals surface area (Å²) in [5.41, 5.74) is 0.619. The quantitative estimate of drug-likeness (QED) is 0.813. The molecule has 2 fully saturated rings. The lowest BCUT2D eigenvalue weighted by Gasteiger charge is -2.31. The van der Waals surface area contributed by atoms with Crippen molar-refractivity contribution in [1.29, 1.82) is 0 Å². The molecule has 146 valence electrons. The SMILES string of the molecule is CCOC(=O)C1CCN(C(=O)NC2CC(=O)N(c3ccc(F)cc3)C2)CC1. The number of amides is 3. The molecule has 1 aromatic rings. The third-order valence-electron chi connectivity index (χ3n) is 4.99. The van der Waals surface area contributed by atoms with Crippen molar-refractivity contribution in [2.24, 2.45) is 5.92 Å². The Bertz CT molecular complexity index is 701. The monoisotopic (exact) mass is 377 g/mol. The number of benzene rings is 1. The minimum atomic E-state index is -0.360. The largest absolute Gasteiger partial charge is 0.466 e. The van der Waals surface area contributed by atoms with Crippen LogP contribution in [0.4, 0.5) is 14.9 Å². The summed E-state index contributed by atoms with van der Waals surface area (Å²) in [6.07, 6.45) is 1.37. The zero-order valence-corrected chi connectivity index (χ0v) is 15.3. The maximum Gasteiger partial charge on any atom is 0.317 e. The van der Waals surface area contributed by atoms with Crippen molar-refractivity contribution >= 4 is 23.6 Å². The molecule has 1 unspecified atom stereocenters. The molecule has 0 spiro atoms. The fourth-order valence-electron chi connectivity index (χ4n) is 3.52. The Morgan fingerprint density at radius 1 is 1.22 bits per heavy atom. The van der Waals surface area contributed by atoms with Crippen LogP contribution in [0.2, 0.25) is 0 Å². The maximum atomic E-state index is 13.1. The van der Waals surface area contributed by atoms with Gasteiger partial charge in [-0.25, -0.2) is 9.18 Å². The number of carbonyl (C=O) groups excluding carboxylic acids is 3. The van der Waals surface area contributed by atoms with E-state index in [0.717, 1.165) is 0 Å². The number of hydrogen-bond acceptors (Lipinski definition) is 4. The van der Waals surface area contributed by atoms with E-state index >= 15 is 0 Å². The van der Waals surface area contributed by atoms with Crippen molar-refractivity contribution in [2.45, 2.75) is 32.2 Å². The fraction of sp³-hybridized carbons (Fsp3) is 0.526. The zero-order valence-electron chi connectivity index (χ0n) is 15.3. The van der Waals surface area contributed by atoms with Crippen LogP contribution in [-0.4, -0.2) is 55.1 Å². The van der Waals surface area contributed by atoms with E-state index in [1.54, 1.807) is 28.9 Å². The number of urea groups is 1. The van der Waals surface area contributed by atoms with E-state index in [9.17, 15) is 18.8 Å². The van der Waals surface area contributed by atoms with Gasteiger partial charge in [-0.05, 0) is 44.0 Å². The summed E-state index contributed by atoms with van der Waals surface area (Å²) in [5.74, 6) is -0.820. The summed E-state index contributed by atoms with van der Waals surface area (Å²) in [7, 11) is 0. The second-order valence-electron chi connectivity index (χ2n) is 6.84. The van der Waals surface area contributed by atoms with Gasteiger partial charge in [-0.15, -0.1) is 0 Å². The van der Waals surface area contributed by atoms with Crippen LogP contribution in [0.15, 0.2) is 24.3 Å². The number of carbonyl (C=O) groups is 3. The third kappa shape index (κ3) is 4.56. The normalized spacial score (nSPS) is 20.7. The van der Waals surface area contributed by atoms with Gasteiger partial charge in [0.25, 0.3) is 0 Å². The first-order valence-corrected chi connectivity index (χ1v) is 9.26. The molecule has 1 N–H and O–H groups in total. The summed E-state index contributed by atoms with van der Waals surface area (Å²) in [6.45, 7) is 3.46. The molecule has 0 saturated carbocycles. The number of nitrogens with zero attached hydrogens (tertiary/aromatic N) is 2. The van der Waals surface area contributed by atoms with Crippen LogP contribution in [0.3, 0.4) is 0 Å². The number of nitrogens with one attached hydrogen (secondary N) is 1. The van der Waals surface area contributed by atoms with Crippen molar-refractivity contribution in [2.75, 3.05) is 31.1 Å². The van der Waals surface area contributed by atoms with E-state index in [-0.39, 0.29) is 42.1 Å². The molecule has 2 aliphatic heterocycles. The Morgan fingerprint density at radius 2 is 1.89 bits per heavy atom. The van der Waals surface area contributed by atoms with Crippen molar-refractivity contribution in [1.82, 2.24) is 10.2 Å². The summed E-state index contributed by atoms with van der Waals surface area (Å²) in [6, 6.07) is 5.20. The first kappa shape index (κ1) is 19.1. The molecule has 2 aliphatic rings. The van der Waals surface area contributed by atoms with Gasteiger partial charge in [0.15, 0.2) is 0 Å². The van der Waals surface area contributed by atoms with Gasteiger partial charge < -0.3 is 19.9 Å². The molecule has 8 heteroatoms. The number of likely N-dealkylation sites (tertiary alicyclic amines) is 1. The zero-order chi connectivity index (χ0) is 19.4. The molecule has 7 nitrogen and oxygen atoms in total. The van der Waals surface area contributed by atoms with Gasteiger partial charge in [-0.1, -0.05) is 0 Å². The second-order valence-corrected chi connectivity index (χ2v) is 6.84. The van der Waals surface area contributed by atoms with Crippen LogP contribution >= 0.6 is 0 Å². The number of ether oxygens (including phenoxy) is 1. The molecule has 0 bridgehead atoms. The van der Waals surface area contributed by atoms with Crippen LogP contribution < -0.4 is 10.2 Å². The molecular formula is C19H24FN3O4. The highest BCUT2D eigenvalue weighted by Crippen LogP contribution is 2.23. The van der Waals surface area contributed by atoms with Crippen molar-refractivity contribution < 1.29 is 23.5 Å². The third-order valence-corrected chi connectivity index (χ3v) is 4.99. The minimum absolute atomic E-state index is 0.104. The standard InChI is InChI=1S/C19H24FN3O4/c1-2-27-18(25)13-7-9-22(10-8-13)19(26)21-15-11-17(24)23(12-15)16-5-3-14(20)4-6-16/h3-6,13,15H,2,7-12H2,1H3,(H,21,26). The predicted octanol–water partition coefficient (Wildman–Crippen LogP) is 1.92. The molecule has 2 saturated heterocycles. The highest BCUT2D eigenvalue weighted by Gasteiger charge is 2.34. The average Bonchev–Trinajstić information content (AvgIpc) is 3.02. The van der Waals surface area contributed by atoms with Crippen molar-refractivity contribution in [3.8, 4) is 0 Å². The number of rotatable bonds is 4. The molecule has 1 atom stereocenters. The molecule has 0 aromatic heterocycles. The number of piperidine rings is 1. The van der Waals surface area contributed by atoms with Crippen LogP contribution in [0.1, 0.15) is 26.2 Å². The topological polar surface area (TPSA) is 79.0 Å². The van der Waals surface area contributed by atoms with Gasteiger partial charge in [0, 0.05) is 31.7 Å². The molecule has 3 rings (SSSR count). The summed E-state index contributed by atoms with van der Waals surface area (Å²) >= 11 is 0. The van der Waals surface area contributed by atoms with Gasteiger partial charge in [0.1, 0.15) is 5.82 Å². The fourth-order valence-corrected chi connectivity index (χ4v) is 3.52. The Balaban J connectivity index is 1.50. The molecule has 1 aromatic carbocycles. The smallest absolute Gasteiger partial charge is 0.317 e. The number of anilines is 1. The van der Waals surface area contributed by atoms with Crippen LogP contribution in [-0.2, 0) is 14.3 Å². The van der Waals surface area contributed by atoms with Gasteiger partial charge >= 0.3 is 12.0 Å². The van der Waals surface area contributed by atoms with E-state index < -0.39 is 0 Å². The molecule has 0 radical (unpaired) electrons. The highest BCUT2D eigenvalue weighted by atomic mass is 19.1. The maximum absolute atomic E-state index is 13.1. The molecule has 0 aliphatic carbocycles. The van der Waals surface area contributed by atoms with Gasteiger partial charge in [0.05, 0.1) is 18.6 Å². The second kappa shape index (κ2) is 8.37. The predicted molar refractivity (Wildman–Crippen MR) is 96.6 cm³/mol. The summed E-state index contributed by atoms with van der Waals surface area (Å²) in [5, 5.41) is 2.89. The van der Waals surface area contributed by atoms with Crippen molar-refractivity contribution in [3.63, 3.8) is 0 Å². The Hall–Kier alpha value is -2.64. The summed E-state index contributed by atoms with van der Waals surface area (Å²) in [4.78, 5) is 39.7. The van der Waals surface area contributed by atoms with Crippen LogP contribution in [0, 0.1) is 11.7 Å². The molecule has 27 heavy (non-hydrogen) atoms. The van der Waals surface area contributed by atoms with Crippen LogP contribution in [0.5, 0.6) is 0 Å². The van der Waals surface area contributed by atoms with Crippen LogP contribution in [0.25, 0.3) is 0 Å². The van der Waals surface area contributed by atoms with Crippen molar-refractivity contribution in [3.05, 3.63) is 30.1 Å². The summed E-state index contributed by atoms with van der Waals surface area (Å²) < 4.78 is 18.1. The Morgan fingerprint density at radius 3 is 2.52 bits per heavy atom. The lowest BCUT2D eigenvalue weighted by atomic mass is 9.97. The number of hydrogen-bond donors (Lipinski definition) is 1. The number of esters is 1. The first-order chi connectivity index (χ1) is 13.0. The van der Waals surface area contributed by atoms with Gasteiger partial charge in [0.2, 0.25) is 5.91 Å². The lowest BCUT2D eigenvalue weighted by molar-refractivity contribution is -0.149. The Kier molecular flexibility index (Phi) is 5.93. The highest BCUT2D eigenvalue weighted by molar-refractivity contribution is 5.96. The molecule has 3 amide bonds. The molecular weight excluding hydrogens is 353 g/mol. The number of halogens is 1. The van der Waals surface area contributed by atoms with Gasteiger partial charge in [-0.2, -0.15) is 0 Å². The van der Waals surface area contributed by atoms with E-state index in [1.165, 1.54) is 12.1 Å². The Labute approximate surface area is 157 Å². The average molecular weight is 377 g/mol. The minimum Gasteiger partial charge on any atom is -0.466 e.